The third-order valence-electron chi connectivity index (χ3n) is 2.29. The van der Waals surface area contributed by atoms with Crippen molar-refractivity contribution in [2.24, 2.45) is 5.73 Å². The highest BCUT2D eigenvalue weighted by Gasteiger charge is 2.15. The molecular weight excluding hydrogens is 252 g/mol. The number of nitrogens with two attached hydrogens (primary N) is 1. The third kappa shape index (κ3) is 4.94. The summed E-state index contributed by atoms with van der Waals surface area (Å²) in [6.07, 6.45) is -0.912. The van der Waals surface area contributed by atoms with E-state index in [1.807, 2.05) is 5.32 Å². The maximum atomic E-state index is 11.3. The van der Waals surface area contributed by atoms with E-state index in [0.717, 1.165) is 5.56 Å². The molecule has 0 spiro atoms. The van der Waals surface area contributed by atoms with Crippen LogP contribution in [0.3, 0.4) is 0 Å². The Bertz CT molecular complexity index is 432. The SMILES string of the molecule is COc1ccc(COC(=O)NC(=O)C(N)CO)cc1. The molecule has 0 bridgehead atoms. The molecule has 0 aromatic heterocycles. The van der Waals surface area contributed by atoms with Crippen molar-refractivity contribution in [1.82, 2.24) is 5.32 Å². The van der Waals surface area contributed by atoms with Crippen molar-refractivity contribution >= 4 is 12.0 Å². The molecule has 0 radical (unpaired) electrons. The Morgan fingerprint density at radius 1 is 1.37 bits per heavy atom. The standard InChI is InChI=1S/C12H16N2O5/c1-18-9-4-2-8(3-5-9)7-19-12(17)14-11(16)10(13)6-15/h2-5,10,15H,6-7,13H2,1H3,(H,14,16,17). The Morgan fingerprint density at radius 2 is 2.00 bits per heavy atom. The molecule has 1 aromatic carbocycles. The molecule has 1 unspecified atom stereocenters. The maximum absolute atomic E-state index is 11.3. The van der Waals surface area contributed by atoms with Crippen LogP contribution < -0.4 is 15.8 Å². The predicted molar refractivity (Wildman–Crippen MR) is 66.4 cm³/mol. The van der Waals surface area contributed by atoms with E-state index in [9.17, 15) is 9.59 Å². The first-order valence-electron chi connectivity index (χ1n) is 5.53. The van der Waals surface area contributed by atoms with Crippen molar-refractivity contribution < 1.29 is 24.2 Å². The van der Waals surface area contributed by atoms with Crippen LogP contribution in [0.2, 0.25) is 0 Å². The molecule has 4 N–H and O–H groups in total. The van der Waals surface area contributed by atoms with Crippen molar-refractivity contribution in [3.8, 4) is 5.75 Å². The van der Waals surface area contributed by atoms with Crippen molar-refractivity contribution in [3.05, 3.63) is 29.8 Å². The molecule has 0 saturated carbocycles. The Balaban J connectivity index is 2.39. The number of amides is 2. The van der Waals surface area contributed by atoms with Gasteiger partial charge in [0.2, 0.25) is 5.91 Å². The van der Waals surface area contributed by atoms with E-state index in [2.05, 4.69) is 0 Å². The Labute approximate surface area is 110 Å². The zero-order valence-electron chi connectivity index (χ0n) is 10.5. The lowest BCUT2D eigenvalue weighted by Gasteiger charge is -2.09. The van der Waals surface area contributed by atoms with Crippen LogP contribution in [0.4, 0.5) is 4.79 Å². The van der Waals surface area contributed by atoms with Gasteiger partial charge in [0.25, 0.3) is 0 Å². The fourth-order valence-corrected chi connectivity index (χ4v) is 1.18. The minimum absolute atomic E-state index is 0.0114. The second-order valence-corrected chi connectivity index (χ2v) is 3.70. The van der Waals surface area contributed by atoms with Crippen molar-refractivity contribution in [2.75, 3.05) is 13.7 Å². The summed E-state index contributed by atoms with van der Waals surface area (Å²) >= 11 is 0. The monoisotopic (exact) mass is 268 g/mol. The highest BCUT2D eigenvalue weighted by molar-refractivity contribution is 5.94. The van der Waals surface area contributed by atoms with Crippen LogP contribution in [0.15, 0.2) is 24.3 Å². The topological polar surface area (TPSA) is 111 Å². The zero-order valence-corrected chi connectivity index (χ0v) is 10.5. The van der Waals surface area contributed by atoms with E-state index in [4.69, 9.17) is 20.3 Å². The maximum Gasteiger partial charge on any atom is 0.414 e. The molecule has 0 heterocycles. The normalized spacial score (nSPS) is 11.5. The summed E-state index contributed by atoms with van der Waals surface area (Å²) < 4.78 is 9.80. The van der Waals surface area contributed by atoms with E-state index in [1.165, 1.54) is 0 Å². The number of carbonyl (C=O) groups is 2. The van der Waals surface area contributed by atoms with Gasteiger partial charge in [-0.1, -0.05) is 12.1 Å². The third-order valence-corrected chi connectivity index (χ3v) is 2.29. The lowest BCUT2D eigenvalue weighted by Crippen LogP contribution is -2.45. The lowest BCUT2D eigenvalue weighted by molar-refractivity contribution is -0.122. The van der Waals surface area contributed by atoms with Gasteiger partial charge in [0, 0.05) is 0 Å². The average Bonchev–Trinajstić information content (AvgIpc) is 2.44. The second kappa shape index (κ2) is 7.34. The number of carbonyl (C=O) groups excluding carboxylic acids is 2. The minimum Gasteiger partial charge on any atom is -0.497 e. The van der Waals surface area contributed by atoms with Crippen LogP contribution in [-0.2, 0) is 16.1 Å². The molecular formula is C12H16N2O5. The largest absolute Gasteiger partial charge is 0.497 e. The van der Waals surface area contributed by atoms with Gasteiger partial charge >= 0.3 is 6.09 Å². The van der Waals surface area contributed by atoms with E-state index < -0.39 is 24.6 Å². The van der Waals surface area contributed by atoms with Gasteiger partial charge < -0.3 is 20.3 Å². The number of hydrogen-bond acceptors (Lipinski definition) is 6. The summed E-state index contributed by atoms with van der Waals surface area (Å²) in [5.41, 5.74) is 5.97. The lowest BCUT2D eigenvalue weighted by atomic mass is 10.2. The number of methoxy groups -OCH3 is 1. The number of rotatable bonds is 5. The van der Waals surface area contributed by atoms with E-state index in [-0.39, 0.29) is 6.61 Å². The van der Waals surface area contributed by atoms with Gasteiger partial charge in [-0.2, -0.15) is 0 Å². The Hall–Kier alpha value is -2.12. The molecule has 0 aliphatic rings. The fourth-order valence-electron chi connectivity index (χ4n) is 1.18. The van der Waals surface area contributed by atoms with E-state index in [1.54, 1.807) is 31.4 Å². The molecule has 1 atom stereocenters. The number of benzene rings is 1. The van der Waals surface area contributed by atoms with Crippen LogP contribution in [-0.4, -0.2) is 36.9 Å². The van der Waals surface area contributed by atoms with Crippen molar-refractivity contribution in [1.29, 1.82) is 0 Å². The van der Waals surface area contributed by atoms with Gasteiger partial charge in [0.15, 0.2) is 0 Å². The van der Waals surface area contributed by atoms with Crippen LogP contribution in [0.25, 0.3) is 0 Å². The molecule has 7 heteroatoms. The quantitative estimate of drug-likeness (QED) is 0.680. The zero-order chi connectivity index (χ0) is 14.3. The minimum atomic E-state index is -1.14. The first-order chi connectivity index (χ1) is 9.06. The Kier molecular flexibility index (Phi) is 5.77. The van der Waals surface area contributed by atoms with E-state index >= 15 is 0 Å². The van der Waals surface area contributed by atoms with Crippen LogP contribution in [0, 0.1) is 0 Å². The molecule has 19 heavy (non-hydrogen) atoms. The first-order valence-corrected chi connectivity index (χ1v) is 5.53. The summed E-state index contributed by atoms with van der Waals surface area (Å²) in [5.74, 6) is -0.0977. The molecule has 0 aliphatic carbocycles. The molecule has 1 aromatic rings. The number of ether oxygens (including phenoxy) is 2. The van der Waals surface area contributed by atoms with Gasteiger partial charge in [-0.25, -0.2) is 4.79 Å². The number of aliphatic hydroxyl groups excluding tert-OH is 1. The van der Waals surface area contributed by atoms with Crippen LogP contribution in [0.5, 0.6) is 5.75 Å². The summed E-state index contributed by atoms with van der Waals surface area (Å²) in [6, 6.07) is 5.77. The number of alkyl carbamates (subject to hydrolysis) is 1. The fraction of sp³-hybridized carbons (Fsp3) is 0.333. The highest BCUT2D eigenvalue weighted by Crippen LogP contribution is 2.11. The van der Waals surface area contributed by atoms with Gasteiger partial charge in [0.1, 0.15) is 18.4 Å². The number of imide groups is 1. The van der Waals surface area contributed by atoms with Crippen molar-refractivity contribution in [2.45, 2.75) is 12.6 Å². The summed E-state index contributed by atoms with van der Waals surface area (Å²) in [5, 5.41) is 10.5. The first kappa shape index (κ1) is 14.9. The average molecular weight is 268 g/mol. The molecule has 1 rings (SSSR count). The molecule has 104 valence electrons. The number of nitrogens with one attached hydrogen (secondary N) is 1. The smallest absolute Gasteiger partial charge is 0.414 e. The van der Waals surface area contributed by atoms with Gasteiger partial charge in [0.05, 0.1) is 13.7 Å². The number of aliphatic hydroxyl groups is 1. The number of hydrogen-bond donors (Lipinski definition) is 3. The molecule has 0 fully saturated rings. The molecule has 0 aliphatic heterocycles. The highest BCUT2D eigenvalue weighted by atomic mass is 16.5. The van der Waals surface area contributed by atoms with Gasteiger partial charge in [-0.15, -0.1) is 0 Å². The molecule has 2 amide bonds. The molecule has 7 nitrogen and oxygen atoms in total. The second-order valence-electron chi connectivity index (χ2n) is 3.70. The molecule has 0 saturated heterocycles. The Morgan fingerprint density at radius 3 is 2.53 bits per heavy atom. The van der Waals surface area contributed by atoms with E-state index in [0.29, 0.717) is 5.75 Å². The predicted octanol–water partition coefficient (Wildman–Crippen LogP) is -0.232. The summed E-state index contributed by atoms with van der Waals surface area (Å²) in [6.45, 7) is -0.533. The van der Waals surface area contributed by atoms with Gasteiger partial charge in [-0.3, -0.25) is 10.1 Å². The van der Waals surface area contributed by atoms with Gasteiger partial charge in [-0.05, 0) is 17.7 Å². The van der Waals surface area contributed by atoms with Crippen LogP contribution >= 0.6 is 0 Å². The van der Waals surface area contributed by atoms with Crippen LogP contribution in [0.1, 0.15) is 5.56 Å². The summed E-state index contributed by atoms with van der Waals surface area (Å²) in [4.78, 5) is 22.4. The van der Waals surface area contributed by atoms with Crippen molar-refractivity contribution in [3.63, 3.8) is 0 Å². The summed E-state index contributed by atoms with van der Waals surface area (Å²) in [7, 11) is 1.55.